The third kappa shape index (κ3) is 3.00. The molecular weight excluding hydrogens is 224 g/mol. The van der Waals surface area contributed by atoms with Crippen LogP contribution in [0.25, 0.3) is 11.1 Å². The van der Waals surface area contributed by atoms with Crippen molar-refractivity contribution in [3.05, 3.63) is 48.5 Å². The van der Waals surface area contributed by atoms with E-state index in [2.05, 4.69) is 16.9 Å². The fourth-order valence-electron chi connectivity index (χ4n) is 1.78. The molecule has 1 aromatic heterocycles. The first-order chi connectivity index (χ1) is 8.81. The number of hydrogen-bond acceptors (Lipinski definition) is 3. The van der Waals surface area contributed by atoms with Gasteiger partial charge in [0.25, 0.3) is 0 Å². The maximum atomic E-state index is 11.8. The highest BCUT2D eigenvalue weighted by Gasteiger charge is 2.05. The summed E-state index contributed by atoms with van der Waals surface area (Å²) >= 11 is 0. The van der Waals surface area contributed by atoms with Gasteiger partial charge in [-0.3, -0.25) is 4.79 Å². The SMILES string of the molecule is CCCCC(=O)c1ccc(-c2cncnc2)cc1. The lowest BCUT2D eigenvalue weighted by molar-refractivity contribution is 0.0980. The van der Waals surface area contributed by atoms with Gasteiger partial charge >= 0.3 is 0 Å². The molecule has 1 heterocycles. The Morgan fingerprint density at radius 1 is 1.06 bits per heavy atom. The van der Waals surface area contributed by atoms with Crippen LogP contribution in [0.3, 0.4) is 0 Å². The molecule has 0 fully saturated rings. The van der Waals surface area contributed by atoms with Crippen molar-refractivity contribution in [3.8, 4) is 11.1 Å². The second-order valence-corrected chi connectivity index (χ2v) is 4.23. The highest BCUT2D eigenvalue weighted by Crippen LogP contribution is 2.18. The molecule has 92 valence electrons. The smallest absolute Gasteiger partial charge is 0.162 e. The Kier molecular flexibility index (Phi) is 4.18. The van der Waals surface area contributed by atoms with Gasteiger partial charge in [0.15, 0.2) is 5.78 Å². The van der Waals surface area contributed by atoms with E-state index >= 15 is 0 Å². The predicted octanol–water partition coefficient (Wildman–Crippen LogP) is 3.52. The number of hydrogen-bond donors (Lipinski definition) is 0. The Labute approximate surface area is 107 Å². The Morgan fingerprint density at radius 3 is 2.33 bits per heavy atom. The molecule has 0 aliphatic carbocycles. The van der Waals surface area contributed by atoms with E-state index in [1.807, 2.05) is 24.3 Å². The molecule has 1 aromatic carbocycles. The molecule has 0 spiro atoms. The van der Waals surface area contributed by atoms with E-state index in [1.54, 1.807) is 12.4 Å². The fourth-order valence-corrected chi connectivity index (χ4v) is 1.78. The predicted molar refractivity (Wildman–Crippen MR) is 71.3 cm³/mol. The topological polar surface area (TPSA) is 42.9 Å². The van der Waals surface area contributed by atoms with Crippen molar-refractivity contribution >= 4 is 5.78 Å². The van der Waals surface area contributed by atoms with Crippen LogP contribution in [0.2, 0.25) is 0 Å². The molecule has 2 rings (SSSR count). The number of rotatable bonds is 5. The number of aromatic nitrogens is 2. The minimum atomic E-state index is 0.215. The minimum Gasteiger partial charge on any atom is -0.294 e. The first-order valence-corrected chi connectivity index (χ1v) is 6.20. The van der Waals surface area contributed by atoms with Crippen LogP contribution in [-0.4, -0.2) is 15.8 Å². The highest BCUT2D eigenvalue weighted by atomic mass is 16.1. The van der Waals surface area contributed by atoms with E-state index in [9.17, 15) is 4.79 Å². The van der Waals surface area contributed by atoms with Crippen molar-refractivity contribution < 1.29 is 4.79 Å². The summed E-state index contributed by atoms with van der Waals surface area (Å²) in [6.45, 7) is 2.09. The van der Waals surface area contributed by atoms with Crippen molar-refractivity contribution in [2.75, 3.05) is 0 Å². The lowest BCUT2D eigenvalue weighted by atomic mass is 10.0. The summed E-state index contributed by atoms with van der Waals surface area (Å²) in [7, 11) is 0. The lowest BCUT2D eigenvalue weighted by Crippen LogP contribution is -1.98. The van der Waals surface area contributed by atoms with Crippen LogP contribution in [-0.2, 0) is 0 Å². The summed E-state index contributed by atoms with van der Waals surface area (Å²) in [4.78, 5) is 19.8. The molecule has 0 N–H and O–H groups in total. The monoisotopic (exact) mass is 240 g/mol. The van der Waals surface area contributed by atoms with Crippen molar-refractivity contribution in [1.29, 1.82) is 0 Å². The zero-order valence-electron chi connectivity index (χ0n) is 10.5. The molecule has 0 aliphatic heterocycles. The van der Waals surface area contributed by atoms with Gasteiger partial charge in [-0.25, -0.2) is 9.97 Å². The fraction of sp³-hybridized carbons (Fsp3) is 0.267. The molecule has 0 saturated heterocycles. The molecule has 0 amide bonds. The number of benzene rings is 1. The largest absolute Gasteiger partial charge is 0.294 e. The van der Waals surface area contributed by atoms with Crippen LogP contribution in [0.15, 0.2) is 43.0 Å². The van der Waals surface area contributed by atoms with Gasteiger partial charge in [-0.15, -0.1) is 0 Å². The standard InChI is InChI=1S/C15H16N2O/c1-2-3-4-15(18)13-7-5-12(6-8-13)14-9-16-11-17-10-14/h5-11H,2-4H2,1H3. The lowest BCUT2D eigenvalue weighted by Gasteiger charge is -2.03. The highest BCUT2D eigenvalue weighted by molar-refractivity contribution is 5.96. The molecule has 3 heteroatoms. The molecule has 0 bridgehead atoms. The summed E-state index contributed by atoms with van der Waals surface area (Å²) in [5.41, 5.74) is 2.77. The summed E-state index contributed by atoms with van der Waals surface area (Å²) in [5.74, 6) is 0.215. The van der Waals surface area contributed by atoms with Gasteiger partial charge in [0, 0.05) is 29.9 Å². The first-order valence-electron chi connectivity index (χ1n) is 6.20. The molecule has 0 saturated carbocycles. The number of nitrogens with zero attached hydrogens (tertiary/aromatic N) is 2. The first kappa shape index (κ1) is 12.4. The van der Waals surface area contributed by atoms with Gasteiger partial charge in [0.05, 0.1) is 0 Å². The van der Waals surface area contributed by atoms with Gasteiger partial charge in [-0.05, 0) is 12.0 Å². The molecule has 3 nitrogen and oxygen atoms in total. The normalized spacial score (nSPS) is 10.3. The zero-order valence-corrected chi connectivity index (χ0v) is 10.5. The summed E-state index contributed by atoms with van der Waals surface area (Å²) < 4.78 is 0. The van der Waals surface area contributed by atoms with Crippen LogP contribution in [0.5, 0.6) is 0 Å². The van der Waals surface area contributed by atoms with E-state index in [0.29, 0.717) is 6.42 Å². The molecule has 18 heavy (non-hydrogen) atoms. The van der Waals surface area contributed by atoms with E-state index in [1.165, 1.54) is 6.33 Å². The number of ketones is 1. The Morgan fingerprint density at radius 2 is 1.72 bits per heavy atom. The van der Waals surface area contributed by atoms with Crippen molar-refractivity contribution in [2.45, 2.75) is 26.2 Å². The van der Waals surface area contributed by atoms with E-state index in [-0.39, 0.29) is 5.78 Å². The second-order valence-electron chi connectivity index (χ2n) is 4.23. The molecule has 0 unspecified atom stereocenters. The third-order valence-corrected chi connectivity index (χ3v) is 2.86. The number of carbonyl (C=O) groups excluding carboxylic acids is 1. The van der Waals surface area contributed by atoms with Crippen molar-refractivity contribution in [2.24, 2.45) is 0 Å². The van der Waals surface area contributed by atoms with Crippen LogP contribution in [0.1, 0.15) is 36.5 Å². The minimum absolute atomic E-state index is 0.215. The Bertz CT molecular complexity index is 506. The second kappa shape index (κ2) is 6.05. The van der Waals surface area contributed by atoms with Gasteiger partial charge in [0.2, 0.25) is 0 Å². The van der Waals surface area contributed by atoms with Crippen LogP contribution in [0.4, 0.5) is 0 Å². The quantitative estimate of drug-likeness (QED) is 0.751. The summed E-state index contributed by atoms with van der Waals surface area (Å²) in [6.07, 6.45) is 7.66. The molecule has 0 atom stereocenters. The Balaban J connectivity index is 2.13. The average molecular weight is 240 g/mol. The maximum absolute atomic E-state index is 11.8. The average Bonchev–Trinajstić information content (AvgIpc) is 2.46. The molecule has 2 aromatic rings. The summed E-state index contributed by atoms with van der Waals surface area (Å²) in [6, 6.07) is 7.64. The summed E-state index contributed by atoms with van der Waals surface area (Å²) in [5, 5.41) is 0. The molecule has 0 aliphatic rings. The van der Waals surface area contributed by atoms with Gasteiger partial charge < -0.3 is 0 Å². The maximum Gasteiger partial charge on any atom is 0.162 e. The number of Topliss-reactive ketones (excluding diaryl/α,β-unsaturated/α-hetero) is 1. The van der Waals surface area contributed by atoms with Crippen LogP contribution < -0.4 is 0 Å². The van der Waals surface area contributed by atoms with Gasteiger partial charge in [-0.2, -0.15) is 0 Å². The van der Waals surface area contributed by atoms with Crippen LogP contribution >= 0.6 is 0 Å². The third-order valence-electron chi connectivity index (χ3n) is 2.86. The molecular formula is C15H16N2O. The van der Waals surface area contributed by atoms with E-state index in [0.717, 1.165) is 29.5 Å². The van der Waals surface area contributed by atoms with Crippen LogP contribution in [0, 0.1) is 0 Å². The number of carbonyl (C=O) groups is 1. The van der Waals surface area contributed by atoms with Crippen molar-refractivity contribution in [3.63, 3.8) is 0 Å². The van der Waals surface area contributed by atoms with Crippen molar-refractivity contribution in [1.82, 2.24) is 9.97 Å². The van der Waals surface area contributed by atoms with E-state index < -0.39 is 0 Å². The van der Waals surface area contributed by atoms with Gasteiger partial charge in [0.1, 0.15) is 6.33 Å². The van der Waals surface area contributed by atoms with E-state index in [4.69, 9.17) is 0 Å². The number of unbranched alkanes of at least 4 members (excludes halogenated alkanes) is 1. The zero-order chi connectivity index (χ0) is 12.8. The molecule has 0 radical (unpaired) electrons. The Hall–Kier alpha value is -2.03. The van der Waals surface area contributed by atoms with Gasteiger partial charge in [-0.1, -0.05) is 37.6 Å².